The second kappa shape index (κ2) is 41.1. The molecular weight excluding hydrogens is 1860 g/mol. The molecule has 4 heterocycles. The first-order valence-corrected chi connectivity index (χ1v) is 40.7. The Kier molecular flexibility index (Phi) is 32.1. The molecule has 4 fully saturated rings. The van der Waals surface area contributed by atoms with Gasteiger partial charge in [-0.05, 0) is 262 Å². The first-order chi connectivity index (χ1) is 62.1. The molecule has 0 spiro atoms. The summed E-state index contributed by atoms with van der Waals surface area (Å²) in [6, 6.07) is 40.7. The zero-order valence-electron chi connectivity index (χ0n) is 70.8. The molecular formula is C88H79F13N12O16S4. The molecule has 0 radical (unpaired) electrons. The van der Waals surface area contributed by atoms with Crippen LogP contribution in [0.4, 0.5) is 103 Å². The molecule has 1 unspecified atom stereocenters. The molecule has 133 heavy (non-hydrogen) atoms. The molecule has 4 saturated heterocycles. The summed E-state index contributed by atoms with van der Waals surface area (Å²) in [5, 5.41) is 109. The van der Waals surface area contributed by atoms with Crippen molar-refractivity contribution in [1.29, 1.82) is 21.0 Å². The summed E-state index contributed by atoms with van der Waals surface area (Å²) >= 11 is 21.8. The number of rotatable bonds is 24. The average Bonchev–Trinajstić information content (AvgIpc) is 1.60. The number of thiocarbonyl (C=S) groups is 4. The largest absolute Gasteiger partial charge is 0.491 e. The fourth-order valence-corrected chi connectivity index (χ4v) is 15.7. The second-order valence-corrected chi connectivity index (χ2v) is 32.8. The highest BCUT2D eigenvalue weighted by atomic mass is 32.1. The summed E-state index contributed by atoms with van der Waals surface area (Å²) < 4.78 is 197. The van der Waals surface area contributed by atoms with Crippen molar-refractivity contribution in [1.82, 2.24) is 0 Å². The van der Waals surface area contributed by atoms with E-state index < -0.39 is 172 Å². The zero-order valence-corrected chi connectivity index (χ0v) is 74.1. The van der Waals surface area contributed by atoms with Crippen LogP contribution in [0.1, 0.15) is 99.9 Å². The summed E-state index contributed by atoms with van der Waals surface area (Å²) in [6.07, 6.45) is -23.5. The van der Waals surface area contributed by atoms with Gasteiger partial charge in [-0.25, -0.2) is 4.39 Å². The van der Waals surface area contributed by atoms with Crippen LogP contribution in [0.3, 0.4) is 0 Å². The molecule has 4 atom stereocenters. The van der Waals surface area contributed by atoms with Crippen molar-refractivity contribution in [2.24, 2.45) is 0 Å². The summed E-state index contributed by atoms with van der Waals surface area (Å²) in [7, 11) is 0. The van der Waals surface area contributed by atoms with Gasteiger partial charge in [0.1, 0.15) is 90.2 Å². The Hall–Kier alpha value is -12.9. The molecule has 4 amide bonds. The van der Waals surface area contributed by atoms with E-state index in [1.807, 2.05) is 0 Å². The van der Waals surface area contributed by atoms with Gasteiger partial charge in [0.05, 0.1) is 118 Å². The Labute approximate surface area is 771 Å². The minimum atomic E-state index is -4.83. The molecule has 45 heteroatoms. The number of carbonyl (C=O) groups is 4. The average molecular weight is 1940 g/mol. The van der Waals surface area contributed by atoms with Crippen LogP contribution in [0, 0.1) is 51.1 Å². The quantitative estimate of drug-likeness (QED) is 0.0206. The highest BCUT2D eigenvalue weighted by molar-refractivity contribution is 7.81. The van der Waals surface area contributed by atoms with Gasteiger partial charge in [0.25, 0.3) is 23.6 Å². The third-order valence-corrected chi connectivity index (χ3v) is 21.9. The summed E-state index contributed by atoms with van der Waals surface area (Å²) in [5.41, 5.74) is -10.8. The lowest BCUT2D eigenvalue weighted by Crippen LogP contribution is -2.44. The third-order valence-electron chi connectivity index (χ3n) is 20.5. The number of aliphatic hydroxyl groups is 8. The number of nitriles is 4. The van der Waals surface area contributed by atoms with E-state index in [9.17, 15) is 96.7 Å². The molecule has 702 valence electrons. The lowest BCUT2D eigenvalue weighted by molar-refractivity contribution is -0.138. The lowest BCUT2D eigenvalue weighted by Gasteiger charge is -2.29. The number of alkyl halides is 12. The predicted molar refractivity (Wildman–Crippen MR) is 471 cm³/mol. The van der Waals surface area contributed by atoms with E-state index in [4.69, 9.17) is 109 Å². The highest BCUT2D eigenvalue weighted by Gasteiger charge is 2.56. The van der Waals surface area contributed by atoms with Crippen LogP contribution < -0.4 is 58.1 Å². The Morgan fingerprint density at radius 2 is 0.511 bits per heavy atom. The van der Waals surface area contributed by atoms with E-state index in [0.29, 0.717) is 40.4 Å². The zero-order chi connectivity index (χ0) is 99.1. The number of amides is 4. The van der Waals surface area contributed by atoms with Gasteiger partial charge in [0, 0.05) is 28.8 Å². The minimum Gasteiger partial charge on any atom is -0.491 e. The van der Waals surface area contributed by atoms with Crippen LogP contribution in [0.5, 0.6) is 23.0 Å². The number of benzene rings is 8. The lowest BCUT2D eigenvalue weighted by atomic mass is 10.0. The number of halogens is 13. The first-order valence-electron chi connectivity index (χ1n) is 39.0. The van der Waals surface area contributed by atoms with Gasteiger partial charge in [-0.1, -0.05) is 0 Å². The second-order valence-electron chi connectivity index (χ2n) is 31.3. The van der Waals surface area contributed by atoms with E-state index in [-0.39, 0.29) is 81.1 Å². The van der Waals surface area contributed by atoms with Crippen LogP contribution in [0.25, 0.3) is 0 Å². The van der Waals surface area contributed by atoms with E-state index in [1.165, 1.54) is 94.1 Å². The van der Waals surface area contributed by atoms with Crippen LogP contribution in [-0.4, -0.2) is 184 Å². The number of nitrogens with zero attached hydrogens (tertiary/aromatic N) is 12. The molecule has 0 saturated carbocycles. The maximum atomic E-state index is 14.6. The third kappa shape index (κ3) is 22.4. The van der Waals surface area contributed by atoms with Gasteiger partial charge in [-0.2, -0.15) is 73.7 Å². The molecule has 4 aliphatic heterocycles. The number of hydrogen-bond acceptors (Lipinski definition) is 24. The smallest absolute Gasteiger partial charge is 0.417 e. The topological polar surface area (TPSA) is 388 Å². The van der Waals surface area contributed by atoms with Crippen molar-refractivity contribution >= 4 is 138 Å². The van der Waals surface area contributed by atoms with Crippen LogP contribution >= 0.6 is 48.9 Å². The van der Waals surface area contributed by atoms with Crippen LogP contribution in [0.2, 0.25) is 0 Å². The Bertz CT molecular complexity index is 5530. The van der Waals surface area contributed by atoms with Crippen LogP contribution in [-0.2, 0) is 43.9 Å². The molecule has 0 aromatic heterocycles. The molecule has 4 aliphatic rings. The van der Waals surface area contributed by atoms with Crippen LogP contribution in [0.15, 0.2) is 164 Å². The molecule has 8 aromatic rings. The Balaban J connectivity index is 0.000000199. The van der Waals surface area contributed by atoms with Crippen molar-refractivity contribution in [2.45, 2.75) is 127 Å². The van der Waals surface area contributed by atoms with Gasteiger partial charge in [0.2, 0.25) is 0 Å². The summed E-state index contributed by atoms with van der Waals surface area (Å²) in [4.78, 5) is 62.6. The first kappa shape index (κ1) is 104. The summed E-state index contributed by atoms with van der Waals surface area (Å²) in [6.45, 7) is 9.93. The van der Waals surface area contributed by atoms with Crippen molar-refractivity contribution in [3.63, 3.8) is 0 Å². The van der Waals surface area contributed by atoms with Gasteiger partial charge < -0.3 is 79.4 Å². The van der Waals surface area contributed by atoms with Gasteiger partial charge in [-0.15, -0.1) is 0 Å². The van der Waals surface area contributed by atoms with Gasteiger partial charge >= 0.3 is 24.7 Å². The maximum Gasteiger partial charge on any atom is 0.417 e. The van der Waals surface area contributed by atoms with E-state index in [2.05, 4.69) is 0 Å². The normalized spacial score (nSPS) is 16.6. The van der Waals surface area contributed by atoms with Crippen molar-refractivity contribution in [2.75, 3.05) is 92.1 Å². The predicted octanol–water partition coefficient (Wildman–Crippen LogP) is 13.0. The van der Waals surface area contributed by atoms with Gasteiger partial charge in [0.15, 0.2) is 32.0 Å². The maximum absolute atomic E-state index is 14.6. The Morgan fingerprint density at radius 1 is 0.316 bits per heavy atom. The monoisotopic (exact) mass is 1930 g/mol. The molecule has 8 aromatic carbocycles. The number of aliphatic hydroxyl groups excluding tert-OH is 8. The van der Waals surface area contributed by atoms with Crippen molar-refractivity contribution in [3.8, 4) is 47.3 Å². The minimum absolute atomic E-state index is 0.0211. The van der Waals surface area contributed by atoms with Crippen molar-refractivity contribution in [3.05, 3.63) is 214 Å². The fraction of sp³-hybridized carbons (Fsp3) is 0.318. The highest BCUT2D eigenvalue weighted by Crippen LogP contribution is 2.47. The molecule has 8 N–H and O–H groups in total. The molecule has 28 nitrogen and oxygen atoms in total. The summed E-state index contributed by atoms with van der Waals surface area (Å²) in [5.74, 6) is -2.10. The Morgan fingerprint density at radius 3 is 0.707 bits per heavy atom. The fourth-order valence-electron chi connectivity index (χ4n) is 13.6. The number of ether oxygens (including phenoxy) is 4. The molecule has 0 bridgehead atoms. The van der Waals surface area contributed by atoms with E-state index in [0.717, 1.165) is 68.1 Å². The number of hydrogen-bond donors (Lipinski definition) is 8. The van der Waals surface area contributed by atoms with E-state index >= 15 is 0 Å². The SMILES string of the molecule is CC1(C)C(=O)N(c2ccc(C#N)c(C(F)(F)F)c2)C(=S)N1c1ccc(OCC(O)CO)cc1.CC1(C)C(=O)N(c2ccc(C#N)c(C(F)(F)F)c2)C(=S)N1c1ccc(OC[C@@H](O)CO)c(F)c1.CC1(C)C(=O)N(c2ccc(C#N)c(C(F)(F)F)c2)C(=S)N1c1ccc(OC[C@@H](O)CO)cc1.CC1(C)C(=O)N(c2ccc(C#N)c(C(F)(F)F)c2)C(=S)N1c1ccc(OC[C@H](O)CO)cc1. The van der Waals surface area contributed by atoms with E-state index in [1.54, 1.807) is 114 Å². The molecule has 12 rings (SSSR count). The van der Waals surface area contributed by atoms with Gasteiger partial charge in [-0.3, -0.25) is 38.8 Å². The van der Waals surface area contributed by atoms with Crippen molar-refractivity contribution < 1.29 is 136 Å². The molecule has 0 aliphatic carbocycles. The number of carbonyl (C=O) groups excluding carboxylic acids is 4. The number of anilines is 8. The standard InChI is InChI=1S/C22H19F4N3O4S.3C22H20F3N3O4S/c1-21(2)19(32)28(13-4-3-12(9-27)16(7-13)22(24,25)26)20(34)29(21)14-5-6-18(17(23)8-14)33-11-15(31)10-30;3*1-21(2)19(31)27(15-4-3-13(10-26)18(9-15)22(23,24)25)20(33)28(21)14-5-7-17(8-6-14)32-12-16(30)11-29/h3-8,15,30-31H,10-11H2,1-2H3;3*3-9,16,29-30H,11-12H2,1-2H3/t15-;2*16-;/m010./s1.